The Bertz CT molecular complexity index is 613. The Morgan fingerprint density at radius 1 is 1.56 bits per heavy atom. The van der Waals surface area contributed by atoms with Crippen molar-refractivity contribution < 1.29 is 9.53 Å². The molecule has 1 aromatic carbocycles. The second kappa shape index (κ2) is 5.25. The molecule has 0 aliphatic rings. The fraction of sp³-hybridized carbons (Fsp3) is 0.250. The van der Waals surface area contributed by atoms with Crippen LogP contribution in [0.1, 0.15) is 5.56 Å². The summed E-state index contributed by atoms with van der Waals surface area (Å²) in [6.07, 6.45) is 2.13. The number of aromatic nitrogens is 1. The van der Waals surface area contributed by atoms with E-state index in [1.54, 1.807) is 0 Å². The average molecular weight is 244 g/mol. The first-order valence-electron chi connectivity index (χ1n) is 5.43. The molecule has 0 unspecified atom stereocenters. The number of H-pyrrole nitrogens is 1. The van der Waals surface area contributed by atoms with Crippen LogP contribution in [0, 0.1) is 0 Å². The van der Waals surface area contributed by atoms with Crippen molar-refractivity contribution >= 4 is 16.9 Å². The second-order valence-corrected chi connectivity index (χ2v) is 3.81. The largest absolute Gasteiger partial charge is 0.469 e. The molecule has 1 atom stereocenters. The lowest BCUT2D eigenvalue weighted by Crippen LogP contribution is -2.21. The molecule has 1 heterocycles. The van der Waals surface area contributed by atoms with Crippen LogP contribution in [0.4, 0.5) is 0 Å². The highest BCUT2D eigenvalue weighted by molar-refractivity contribution is 5.84. The Balaban J connectivity index is 2.31. The first-order valence-corrected chi connectivity index (χ1v) is 5.43. The molecule has 2 rings (SSSR count). The van der Waals surface area contributed by atoms with E-state index >= 15 is 0 Å². The van der Waals surface area contributed by atoms with E-state index in [1.807, 2.05) is 30.5 Å². The monoisotopic (exact) mass is 244 g/mol. The van der Waals surface area contributed by atoms with E-state index in [-0.39, 0.29) is 0 Å². The Kier molecular flexibility index (Phi) is 3.50. The molecule has 0 saturated heterocycles. The van der Waals surface area contributed by atoms with Crippen molar-refractivity contribution in [2.24, 2.45) is 5.11 Å². The molecule has 0 aliphatic carbocycles. The highest BCUT2D eigenvalue weighted by atomic mass is 16.5. The number of ether oxygens (including phenoxy) is 1. The summed E-state index contributed by atoms with van der Waals surface area (Å²) in [6, 6.07) is 6.90. The molecule has 0 spiro atoms. The molecule has 18 heavy (non-hydrogen) atoms. The summed E-state index contributed by atoms with van der Waals surface area (Å²) in [6.45, 7) is 0. The second-order valence-electron chi connectivity index (χ2n) is 3.81. The Morgan fingerprint density at radius 2 is 2.33 bits per heavy atom. The van der Waals surface area contributed by atoms with Gasteiger partial charge in [-0.15, -0.1) is 0 Å². The molecule has 1 aromatic heterocycles. The first-order chi connectivity index (χ1) is 8.76. The van der Waals surface area contributed by atoms with Gasteiger partial charge in [0.1, 0.15) is 6.04 Å². The number of nitrogens with one attached hydrogen (secondary N) is 1. The van der Waals surface area contributed by atoms with Gasteiger partial charge in [-0.2, -0.15) is 0 Å². The van der Waals surface area contributed by atoms with Gasteiger partial charge in [-0.3, -0.25) is 4.79 Å². The molecule has 0 bridgehead atoms. The summed E-state index contributed by atoms with van der Waals surface area (Å²) in [7, 11) is 1.28. The number of methoxy groups -OCH3 is 1. The normalized spacial score (nSPS) is 11.8. The number of carbonyl (C=O) groups is 1. The summed E-state index contributed by atoms with van der Waals surface area (Å²) >= 11 is 0. The van der Waals surface area contributed by atoms with E-state index in [4.69, 9.17) is 5.53 Å². The van der Waals surface area contributed by atoms with Crippen LogP contribution in [0.3, 0.4) is 0 Å². The zero-order valence-corrected chi connectivity index (χ0v) is 9.83. The predicted octanol–water partition coefficient (Wildman–Crippen LogP) is 2.56. The van der Waals surface area contributed by atoms with Gasteiger partial charge in [0.05, 0.1) is 7.11 Å². The summed E-state index contributed by atoms with van der Waals surface area (Å²) < 4.78 is 4.61. The van der Waals surface area contributed by atoms with Crippen molar-refractivity contribution in [1.29, 1.82) is 0 Å². The highest BCUT2D eigenvalue weighted by Gasteiger charge is 2.19. The van der Waals surface area contributed by atoms with Gasteiger partial charge in [-0.1, -0.05) is 23.3 Å². The van der Waals surface area contributed by atoms with Gasteiger partial charge in [0.15, 0.2) is 0 Å². The number of hydrogen-bond acceptors (Lipinski definition) is 3. The zero-order valence-electron chi connectivity index (χ0n) is 9.83. The Morgan fingerprint density at radius 3 is 3.06 bits per heavy atom. The van der Waals surface area contributed by atoms with Crippen molar-refractivity contribution in [2.75, 3.05) is 7.11 Å². The van der Waals surface area contributed by atoms with Crippen LogP contribution >= 0.6 is 0 Å². The molecule has 6 heteroatoms. The third-order valence-corrected chi connectivity index (χ3v) is 2.75. The zero-order chi connectivity index (χ0) is 13.0. The maximum absolute atomic E-state index is 11.5. The third-order valence-electron chi connectivity index (χ3n) is 2.75. The smallest absolute Gasteiger partial charge is 0.314 e. The maximum Gasteiger partial charge on any atom is 0.314 e. The average Bonchev–Trinajstić information content (AvgIpc) is 2.81. The number of hydrogen-bond donors (Lipinski definition) is 1. The summed E-state index contributed by atoms with van der Waals surface area (Å²) in [5, 5.41) is 4.48. The molecular weight excluding hydrogens is 232 g/mol. The molecule has 6 nitrogen and oxygen atoms in total. The molecule has 2 aromatic rings. The molecule has 0 radical (unpaired) electrons. The SMILES string of the molecule is COC(=O)[C@@H](Cc1c[nH]c2ccccc12)N=[N+]=[N-]. The topological polar surface area (TPSA) is 90.9 Å². The number of nitrogens with zero attached hydrogens (tertiary/aromatic N) is 3. The van der Waals surface area contributed by atoms with E-state index in [0.717, 1.165) is 16.5 Å². The number of azide groups is 1. The molecule has 0 aliphatic heterocycles. The van der Waals surface area contributed by atoms with E-state index < -0.39 is 12.0 Å². The lowest BCUT2D eigenvalue weighted by atomic mass is 10.1. The van der Waals surface area contributed by atoms with Gasteiger partial charge in [0, 0.05) is 22.0 Å². The molecule has 0 saturated carbocycles. The lowest BCUT2D eigenvalue weighted by Gasteiger charge is -2.07. The van der Waals surface area contributed by atoms with Crippen LogP contribution in [0.5, 0.6) is 0 Å². The van der Waals surface area contributed by atoms with Crippen LogP contribution < -0.4 is 0 Å². The number of benzene rings is 1. The minimum Gasteiger partial charge on any atom is -0.469 e. The standard InChI is InChI=1S/C12H12N4O2/c1-18-12(17)11(15-16-13)6-8-7-14-10-5-3-2-4-9(8)10/h2-5,7,11,14H,6H2,1H3/t11-/m1/s1. The van der Waals surface area contributed by atoms with Gasteiger partial charge in [-0.25, -0.2) is 0 Å². The molecule has 92 valence electrons. The number of aromatic amines is 1. The third kappa shape index (κ3) is 2.28. The van der Waals surface area contributed by atoms with E-state index in [2.05, 4.69) is 19.7 Å². The minimum atomic E-state index is -0.834. The molecule has 0 fully saturated rings. The van der Waals surface area contributed by atoms with Gasteiger partial charge in [0.25, 0.3) is 0 Å². The molecule has 0 amide bonds. The fourth-order valence-electron chi connectivity index (χ4n) is 1.88. The number of carbonyl (C=O) groups excluding carboxylic acids is 1. The van der Waals surface area contributed by atoms with Crippen molar-refractivity contribution in [2.45, 2.75) is 12.5 Å². The number of esters is 1. The van der Waals surface area contributed by atoms with Crippen LogP contribution in [0.2, 0.25) is 0 Å². The first kappa shape index (κ1) is 12.0. The summed E-state index contributed by atoms with van der Waals surface area (Å²) in [5.74, 6) is -0.530. The summed E-state index contributed by atoms with van der Waals surface area (Å²) in [4.78, 5) is 17.3. The van der Waals surface area contributed by atoms with Crippen LogP contribution in [0.25, 0.3) is 21.3 Å². The molecule has 1 N–H and O–H groups in total. The lowest BCUT2D eigenvalue weighted by molar-refractivity contribution is -0.142. The van der Waals surface area contributed by atoms with Crippen LogP contribution in [0.15, 0.2) is 35.6 Å². The number of rotatable bonds is 4. The minimum absolute atomic E-state index is 0.320. The maximum atomic E-state index is 11.5. The van der Waals surface area contributed by atoms with Gasteiger partial charge in [-0.05, 0) is 23.6 Å². The van der Waals surface area contributed by atoms with Gasteiger partial charge < -0.3 is 9.72 Å². The Hall–Kier alpha value is -2.46. The van der Waals surface area contributed by atoms with Crippen molar-refractivity contribution in [1.82, 2.24) is 4.98 Å². The van der Waals surface area contributed by atoms with Crippen LogP contribution in [-0.2, 0) is 16.0 Å². The highest BCUT2D eigenvalue weighted by Crippen LogP contribution is 2.20. The molecular formula is C12H12N4O2. The van der Waals surface area contributed by atoms with E-state index in [1.165, 1.54) is 7.11 Å². The van der Waals surface area contributed by atoms with Crippen molar-refractivity contribution in [3.63, 3.8) is 0 Å². The van der Waals surface area contributed by atoms with Gasteiger partial charge >= 0.3 is 5.97 Å². The van der Waals surface area contributed by atoms with Gasteiger partial charge in [0.2, 0.25) is 0 Å². The summed E-state index contributed by atoms with van der Waals surface area (Å²) in [5.41, 5.74) is 10.4. The number of para-hydroxylation sites is 1. The van der Waals surface area contributed by atoms with Crippen molar-refractivity contribution in [3.8, 4) is 0 Å². The quantitative estimate of drug-likeness (QED) is 0.387. The van der Waals surface area contributed by atoms with Crippen molar-refractivity contribution in [3.05, 3.63) is 46.5 Å². The van der Waals surface area contributed by atoms with E-state index in [9.17, 15) is 4.79 Å². The fourth-order valence-corrected chi connectivity index (χ4v) is 1.88. The Labute approximate surface area is 103 Å². The van der Waals surface area contributed by atoms with E-state index in [0.29, 0.717) is 6.42 Å². The predicted molar refractivity (Wildman–Crippen MR) is 67.0 cm³/mol. The van der Waals surface area contributed by atoms with Crippen LogP contribution in [-0.4, -0.2) is 24.1 Å². The number of fused-ring (bicyclic) bond motifs is 1.